The molecule has 17 heavy (non-hydrogen) atoms. The fourth-order valence-electron chi connectivity index (χ4n) is 3.79. The number of hydrogen-bond donors (Lipinski definition) is 1. The van der Waals surface area contributed by atoms with Crippen LogP contribution in [0.4, 0.5) is 0 Å². The number of rotatable bonds is 4. The lowest BCUT2D eigenvalue weighted by molar-refractivity contribution is 0.0776. The molecule has 100 valence electrons. The van der Waals surface area contributed by atoms with Gasteiger partial charge in [0.2, 0.25) is 0 Å². The lowest BCUT2D eigenvalue weighted by Gasteiger charge is -2.42. The van der Waals surface area contributed by atoms with Gasteiger partial charge in [-0.05, 0) is 50.6 Å². The highest BCUT2D eigenvalue weighted by Gasteiger charge is 2.39. The maximum Gasteiger partial charge on any atom is 0.0195 e. The van der Waals surface area contributed by atoms with Gasteiger partial charge in [-0.15, -0.1) is 0 Å². The van der Waals surface area contributed by atoms with Gasteiger partial charge in [0.05, 0.1) is 0 Å². The van der Waals surface area contributed by atoms with Gasteiger partial charge in [0, 0.05) is 18.6 Å². The van der Waals surface area contributed by atoms with Crippen LogP contribution in [0.1, 0.15) is 59.3 Å². The van der Waals surface area contributed by atoms with Gasteiger partial charge < -0.3 is 5.32 Å². The van der Waals surface area contributed by atoms with Crippen molar-refractivity contribution in [1.29, 1.82) is 0 Å². The first-order valence-corrected chi connectivity index (χ1v) is 7.61. The van der Waals surface area contributed by atoms with Crippen molar-refractivity contribution in [3.8, 4) is 0 Å². The molecule has 2 rings (SSSR count). The molecule has 2 aliphatic rings. The summed E-state index contributed by atoms with van der Waals surface area (Å²) in [6.07, 6.45) is 8.29. The lowest BCUT2D eigenvalue weighted by Crippen LogP contribution is -2.52. The zero-order chi connectivity index (χ0) is 12.3. The van der Waals surface area contributed by atoms with Gasteiger partial charge in [0.1, 0.15) is 0 Å². The molecule has 1 N–H and O–H groups in total. The summed E-state index contributed by atoms with van der Waals surface area (Å²) in [4.78, 5) is 2.78. The molecule has 1 aliphatic carbocycles. The van der Waals surface area contributed by atoms with Crippen LogP contribution in [-0.2, 0) is 0 Å². The van der Waals surface area contributed by atoms with Crippen molar-refractivity contribution < 1.29 is 0 Å². The van der Waals surface area contributed by atoms with Crippen LogP contribution in [0.3, 0.4) is 0 Å². The van der Waals surface area contributed by atoms with Crippen molar-refractivity contribution >= 4 is 0 Å². The largest absolute Gasteiger partial charge is 0.313 e. The average molecular weight is 238 g/mol. The molecule has 2 nitrogen and oxygen atoms in total. The highest BCUT2D eigenvalue weighted by molar-refractivity contribution is 4.94. The molecule has 1 saturated heterocycles. The minimum absolute atomic E-state index is 0.548. The van der Waals surface area contributed by atoms with Crippen molar-refractivity contribution in [2.45, 2.75) is 71.4 Å². The Morgan fingerprint density at radius 3 is 2.71 bits per heavy atom. The molecule has 0 amide bonds. The van der Waals surface area contributed by atoms with Gasteiger partial charge in [-0.3, -0.25) is 4.90 Å². The van der Waals surface area contributed by atoms with Crippen LogP contribution in [0.2, 0.25) is 0 Å². The Morgan fingerprint density at radius 2 is 2.06 bits per heavy atom. The van der Waals surface area contributed by atoms with Gasteiger partial charge in [-0.2, -0.15) is 0 Å². The summed E-state index contributed by atoms with van der Waals surface area (Å²) < 4.78 is 0. The Labute approximate surface area is 107 Å². The van der Waals surface area contributed by atoms with E-state index in [2.05, 4.69) is 31.0 Å². The Hall–Kier alpha value is -0.0800. The van der Waals surface area contributed by atoms with E-state index in [1.54, 1.807) is 0 Å². The second kappa shape index (κ2) is 5.71. The first kappa shape index (κ1) is 13.4. The monoisotopic (exact) mass is 238 g/mol. The molecular formula is C15H30N2. The fraction of sp³-hybridized carbons (Fsp3) is 1.00. The number of piperidine rings is 1. The molecule has 0 bridgehead atoms. The fourth-order valence-corrected chi connectivity index (χ4v) is 3.79. The molecule has 0 aromatic rings. The van der Waals surface area contributed by atoms with Crippen LogP contribution in [-0.4, -0.2) is 36.6 Å². The molecule has 1 aliphatic heterocycles. The molecule has 0 radical (unpaired) electrons. The van der Waals surface area contributed by atoms with E-state index in [4.69, 9.17) is 0 Å². The average Bonchev–Trinajstić information content (AvgIpc) is 2.67. The summed E-state index contributed by atoms with van der Waals surface area (Å²) in [6, 6.07) is 1.59. The van der Waals surface area contributed by atoms with Crippen molar-refractivity contribution in [3.63, 3.8) is 0 Å². The second-order valence-corrected chi connectivity index (χ2v) is 6.68. The summed E-state index contributed by atoms with van der Waals surface area (Å²) in [5.41, 5.74) is 0.548. The quantitative estimate of drug-likeness (QED) is 0.810. The summed E-state index contributed by atoms with van der Waals surface area (Å²) in [6.45, 7) is 11.0. The normalized spacial score (nSPS) is 34.1. The SMILES string of the molecule is CCCNC1CCCN(C2CCCC2(C)C)C1. The van der Waals surface area contributed by atoms with E-state index in [-0.39, 0.29) is 0 Å². The molecule has 1 saturated carbocycles. The van der Waals surface area contributed by atoms with Gasteiger partial charge in [0.25, 0.3) is 0 Å². The third-order valence-corrected chi connectivity index (χ3v) is 4.78. The molecule has 0 aromatic carbocycles. The van der Waals surface area contributed by atoms with Gasteiger partial charge in [0.15, 0.2) is 0 Å². The van der Waals surface area contributed by atoms with Crippen molar-refractivity contribution in [3.05, 3.63) is 0 Å². The molecular weight excluding hydrogens is 208 g/mol. The van der Waals surface area contributed by atoms with Crippen LogP contribution in [0.5, 0.6) is 0 Å². The van der Waals surface area contributed by atoms with E-state index in [1.807, 2.05) is 0 Å². The smallest absolute Gasteiger partial charge is 0.0195 e. The molecule has 2 unspecified atom stereocenters. The highest BCUT2D eigenvalue weighted by Crippen LogP contribution is 2.41. The Bertz CT molecular complexity index is 237. The molecule has 2 heteroatoms. The highest BCUT2D eigenvalue weighted by atomic mass is 15.2. The standard InChI is InChI=1S/C15H30N2/c1-4-10-16-13-7-6-11-17(12-13)14-8-5-9-15(14,2)3/h13-14,16H,4-12H2,1-3H3. The molecule has 1 heterocycles. The van der Waals surface area contributed by atoms with E-state index in [1.165, 1.54) is 58.2 Å². The van der Waals surface area contributed by atoms with Crippen LogP contribution < -0.4 is 5.32 Å². The van der Waals surface area contributed by atoms with Crippen LogP contribution in [0.25, 0.3) is 0 Å². The summed E-state index contributed by atoms with van der Waals surface area (Å²) in [5.74, 6) is 0. The number of nitrogens with zero attached hydrogens (tertiary/aromatic N) is 1. The van der Waals surface area contributed by atoms with E-state index in [9.17, 15) is 0 Å². The molecule has 0 aromatic heterocycles. The summed E-state index contributed by atoms with van der Waals surface area (Å²) in [7, 11) is 0. The van der Waals surface area contributed by atoms with Crippen LogP contribution in [0.15, 0.2) is 0 Å². The Balaban J connectivity index is 1.88. The zero-order valence-corrected chi connectivity index (χ0v) is 12.0. The Kier molecular flexibility index (Phi) is 4.48. The predicted octanol–water partition coefficient (Wildman–Crippen LogP) is 3.03. The lowest BCUT2D eigenvalue weighted by atomic mass is 9.85. The number of nitrogens with one attached hydrogen (secondary N) is 1. The third-order valence-electron chi connectivity index (χ3n) is 4.78. The van der Waals surface area contributed by atoms with Crippen molar-refractivity contribution in [2.75, 3.05) is 19.6 Å². The zero-order valence-electron chi connectivity index (χ0n) is 12.0. The molecule has 2 fully saturated rings. The third kappa shape index (κ3) is 3.23. The minimum atomic E-state index is 0.548. The summed E-state index contributed by atoms with van der Waals surface area (Å²) in [5, 5.41) is 3.71. The topological polar surface area (TPSA) is 15.3 Å². The van der Waals surface area contributed by atoms with E-state index in [0.29, 0.717) is 5.41 Å². The number of likely N-dealkylation sites (tertiary alicyclic amines) is 1. The molecule has 0 spiro atoms. The first-order chi connectivity index (χ1) is 8.13. The predicted molar refractivity (Wildman–Crippen MR) is 74.3 cm³/mol. The van der Waals surface area contributed by atoms with Gasteiger partial charge in [-0.1, -0.05) is 27.2 Å². The summed E-state index contributed by atoms with van der Waals surface area (Å²) >= 11 is 0. The van der Waals surface area contributed by atoms with E-state index in [0.717, 1.165) is 12.1 Å². The maximum atomic E-state index is 3.71. The second-order valence-electron chi connectivity index (χ2n) is 6.68. The van der Waals surface area contributed by atoms with Crippen LogP contribution in [0, 0.1) is 5.41 Å². The van der Waals surface area contributed by atoms with Crippen LogP contribution >= 0.6 is 0 Å². The van der Waals surface area contributed by atoms with E-state index >= 15 is 0 Å². The van der Waals surface area contributed by atoms with Gasteiger partial charge >= 0.3 is 0 Å². The number of hydrogen-bond acceptors (Lipinski definition) is 2. The van der Waals surface area contributed by atoms with Gasteiger partial charge in [-0.25, -0.2) is 0 Å². The Morgan fingerprint density at radius 1 is 1.24 bits per heavy atom. The molecule has 2 atom stereocenters. The van der Waals surface area contributed by atoms with E-state index < -0.39 is 0 Å². The maximum absolute atomic E-state index is 3.71. The first-order valence-electron chi connectivity index (χ1n) is 7.61. The van der Waals surface area contributed by atoms with Crippen molar-refractivity contribution in [2.24, 2.45) is 5.41 Å². The minimum Gasteiger partial charge on any atom is -0.313 e. The van der Waals surface area contributed by atoms with Crippen molar-refractivity contribution in [1.82, 2.24) is 10.2 Å².